The van der Waals surface area contributed by atoms with Crippen molar-refractivity contribution in [2.24, 2.45) is 0 Å². The molecule has 0 aromatic heterocycles. The van der Waals surface area contributed by atoms with Gasteiger partial charge in [0.2, 0.25) is 0 Å². The molecule has 26 heavy (non-hydrogen) atoms. The number of rotatable bonds is 6. The van der Waals surface area contributed by atoms with Gasteiger partial charge in [0, 0.05) is 15.8 Å². The molecule has 2 unspecified atom stereocenters. The van der Waals surface area contributed by atoms with Crippen LogP contribution in [0.2, 0.25) is 0 Å². The molecule has 1 aliphatic rings. The van der Waals surface area contributed by atoms with Crippen molar-refractivity contribution in [2.45, 2.75) is 62.0 Å². The zero-order valence-corrected chi connectivity index (χ0v) is 18.7. The van der Waals surface area contributed by atoms with Gasteiger partial charge in [0.05, 0.1) is 17.4 Å². The van der Waals surface area contributed by atoms with Gasteiger partial charge < -0.3 is 4.55 Å². The normalized spacial score (nSPS) is 20.5. The van der Waals surface area contributed by atoms with Crippen molar-refractivity contribution in [1.82, 2.24) is 4.72 Å². The molecule has 0 heterocycles. The monoisotopic (exact) mass is 460 g/mol. The van der Waals surface area contributed by atoms with Crippen molar-refractivity contribution in [3.05, 3.63) is 34.3 Å². The van der Waals surface area contributed by atoms with E-state index < -0.39 is 36.2 Å². The molecule has 0 saturated heterocycles. The minimum absolute atomic E-state index is 0.286. The standard InChI is InChI=1S/C18H25BrN2O3S2/c1-16(2,3)25(22)21-17(4,14-7-5-8-15(19)11-14)13-26(23,24)18(12-20)9-6-10-18/h5,7-8,11,21H,6,9-10,13H2,1-4H3. The van der Waals surface area contributed by atoms with Gasteiger partial charge in [-0.2, -0.15) is 5.26 Å². The van der Waals surface area contributed by atoms with Crippen LogP contribution in [-0.4, -0.2) is 28.2 Å². The summed E-state index contributed by atoms with van der Waals surface area (Å²) in [5.41, 5.74) is -0.374. The van der Waals surface area contributed by atoms with Gasteiger partial charge in [0.1, 0.15) is 4.75 Å². The number of sulfone groups is 1. The van der Waals surface area contributed by atoms with Crippen molar-refractivity contribution >= 4 is 37.1 Å². The molecule has 1 fully saturated rings. The number of nitrogens with one attached hydrogen (secondary N) is 1. The Morgan fingerprint density at radius 2 is 1.96 bits per heavy atom. The summed E-state index contributed by atoms with van der Waals surface area (Å²) in [6, 6.07) is 9.32. The van der Waals surface area contributed by atoms with E-state index in [1.165, 1.54) is 0 Å². The molecule has 2 rings (SSSR count). The van der Waals surface area contributed by atoms with Gasteiger partial charge in [-0.3, -0.25) is 0 Å². The van der Waals surface area contributed by atoms with Gasteiger partial charge in [-0.25, -0.2) is 8.42 Å². The highest BCUT2D eigenvalue weighted by Gasteiger charge is 2.53. The van der Waals surface area contributed by atoms with Gasteiger partial charge in [-0.15, -0.1) is 4.72 Å². The summed E-state index contributed by atoms with van der Waals surface area (Å²) in [7, 11) is -3.72. The van der Waals surface area contributed by atoms with Crippen LogP contribution in [0, 0.1) is 11.3 Å². The number of nitriles is 1. The third kappa shape index (κ3) is 4.28. The molecule has 1 aliphatic carbocycles. The summed E-state index contributed by atoms with van der Waals surface area (Å²) >= 11 is 1.94. The van der Waals surface area contributed by atoms with Crippen LogP contribution in [0.4, 0.5) is 0 Å². The molecule has 1 saturated carbocycles. The number of hydrogen-bond acceptors (Lipinski definition) is 5. The molecule has 1 aromatic rings. The number of benzene rings is 1. The molecule has 5 nitrogen and oxygen atoms in total. The molecule has 0 spiro atoms. The number of halogens is 1. The predicted octanol–water partition coefficient (Wildman–Crippen LogP) is 3.58. The Hall–Kier alpha value is -0.590. The number of hydrogen-bond donors (Lipinski definition) is 1. The second-order valence-electron chi connectivity index (χ2n) is 8.04. The van der Waals surface area contributed by atoms with Crippen molar-refractivity contribution in [2.75, 3.05) is 5.75 Å². The lowest BCUT2D eigenvalue weighted by Gasteiger charge is -2.40. The Morgan fingerprint density at radius 1 is 1.35 bits per heavy atom. The van der Waals surface area contributed by atoms with E-state index in [9.17, 15) is 18.2 Å². The largest absolute Gasteiger partial charge is 0.598 e. The first kappa shape index (κ1) is 21.7. The van der Waals surface area contributed by atoms with Crippen LogP contribution in [-0.2, 0) is 26.7 Å². The van der Waals surface area contributed by atoms with E-state index in [1.54, 1.807) is 6.92 Å². The maximum atomic E-state index is 13.1. The van der Waals surface area contributed by atoms with E-state index >= 15 is 0 Å². The maximum Gasteiger partial charge on any atom is 0.171 e. The molecular formula is C18H25BrN2O3S2. The highest BCUT2D eigenvalue weighted by molar-refractivity contribution is 9.10. The average molecular weight is 461 g/mol. The molecular weight excluding hydrogens is 436 g/mol. The lowest BCUT2D eigenvalue weighted by molar-refractivity contribution is 0.393. The van der Waals surface area contributed by atoms with Crippen molar-refractivity contribution in [3.63, 3.8) is 0 Å². The van der Waals surface area contributed by atoms with E-state index in [1.807, 2.05) is 51.1 Å². The Morgan fingerprint density at radius 3 is 2.38 bits per heavy atom. The molecule has 1 N–H and O–H groups in total. The van der Waals surface area contributed by atoms with E-state index in [2.05, 4.69) is 20.7 Å². The SMILES string of the molecule is CC(CS(=O)(=O)C1(C#N)CCC1)(N[S+]([O-])C(C)(C)C)c1cccc(Br)c1. The van der Waals surface area contributed by atoms with Crippen molar-refractivity contribution < 1.29 is 13.0 Å². The summed E-state index contributed by atoms with van der Waals surface area (Å²) < 4.78 is 40.9. The highest BCUT2D eigenvalue weighted by atomic mass is 79.9. The Balaban J connectivity index is 2.46. The predicted molar refractivity (Wildman–Crippen MR) is 109 cm³/mol. The fraction of sp³-hybridized carbons (Fsp3) is 0.611. The molecule has 0 radical (unpaired) electrons. The smallest absolute Gasteiger partial charge is 0.171 e. The summed E-state index contributed by atoms with van der Waals surface area (Å²) in [6.45, 7) is 7.22. The van der Waals surface area contributed by atoms with Crippen LogP contribution in [0.5, 0.6) is 0 Å². The van der Waals surface area contributed by atoms with Crippen LogP contribution in [0.1, 0.15) is 52.5 Å². The van der Waals surface area contributed by atoms with Crippen LogP contribution >= 0.6 is 15.9 Å². The summed E-state index contributed by atoms with van der Waals surface area (Å²) in [4.78, 5) is 0. The summed E-state index contributed by atoms with van der Waals surface area (Å²) in [5.74, 6) is -0.286. The molecule has 0 aliphatic heterocycles. The third-order valence-corrected chi connectivity index (χ3v) is 9.66. The fourth-order valence-electron chi connectivity index (χ4n) is 2.87. The highest BCUT2D eigenvalue weighted by Crippen LogP contribution is 2.42. The third-order valence-electron chi connectivity index (χ3n) is 4.77. The summed E-state index contributed by atoms with van der Waals surface area (Å²) in [5, 5.41) is 9.48. The zero-order chi connectivity index (χ0) is 19.8. The minimum Gasteiger partial charge on any atom is -0.598 e. The zero-order valence-electron chi connectivity index (χ0n) is 15.5. The Bertz CT molecular complexity index is 810. The molecule has 0 bridgehead atoms. The second-order valence-corrected chi connectivity index (χ2v) is 13.2. The molecule has 144 valence electrons. The van der Waals surface area contributed by atoms with Crippen molar-refractivity contribution in [3.8, 4) is 6.07 Å². The molecule has 1 aromatic carbocycles. The number of nitrogens with zero attached hydrogens (tertiary/aromatic N) is 1. The first-order valence-electron chi connectivity index (χ1n) is 8.45. The van der Waals surface area contributed by atoms with Gasteiger partial charge in [-0.1, -0.05) is 28.1 Å². The molecule has 0 amide bonds. The van der Waals surface area contributed by atoms with Gasteiger partial charge >= 0.3 is 0 Å². The van der Waals surface area contributed by atoms with Gasteiger partial charge in [0.25, 0.3) is 0 Å². The van der Waals surface area contributed by atoms with E-state index in [4.69, 9.17) is 0 Å². The average Bonchev–Trinajstić information content (AvgIpc) is 2.44. The first-order chi connectivity index (χ1) is 11.9. The van der Waals surface area contributed by atoms with Crippen LogP contribution in [0.15, 0.2) is 28.7 Å². The minimum atomic E-state index is -3.72. The lowest BCUT2D eigenvalue weighted by atomic mass is 9.86. The van der Waals surface area contributed by atoms with Gasteiger partial charge in [-0.05, 0) is 64.7 Å². The fourth-order valence-corrected chi connectivity index (χ4v) is 6.59. The maximum absolute atomic E-state index is 13.1. The summed E-state index contributed by atoms with van der Waals surface area (Å²) in [6.07, 6.45) is 1.47. The first-order valence-corrected chi connectivity index (χ1v) is 12.0. The molecule has 2 atom stereocenters. The Labute approximate surface area is 167 Å². The van der Waals surface area contributed by atoms with E-state index in [-0.39, 0.29) is 5.75 Å². The quantitative estimate of drug-likeness (QED) is 0.654. The lowest BCUT2D eigenvalue weighted by Crippen LogP contribution is -2.56. The van der Waals surface area contributed by atoms with E-state index in [0.29, 0.717) is 18.4 Å². The van der Waals surface area contributed by atoms with Crippen LogP contribution in [0.3, 0.4) is 0 Å². The van der Waals surface area contributed by atoms with Gasteiger partial charge in [0.15, 0.2) is 14.6 Å². The molecule has 8 heteroatoms. The van der Waals surface area contributed by atoms with Crippen LogP contribution in [0.25, 0.3) is 0 Å². The topological polar surface area (TPSA) is 93.0 Å². The van der Waals surface area contributed by atoms with Crippen LogP contribution < -0.4 is 4.72 Å². The van der Waals surface area contributed by atoms with E-state index in [0.717, 1.165) is 10.9 Å². The Kier molecular flexibility index (Phi) is 6.21. The van der Waals surface area contributed by atoms with Crippen molar-refractivity contribution in [1.29, 1.82) is 5.26 Å². The second kappa shape index (κ2) is 7.44.